The van der Waals surface area contributed by atoms with Gasteiger partial charge in [-0.3, -0.25) is 14.9 Å². The van der Waals surface area contributed by atoms with E-state index in [-0.39, 0.29) is 22.2 Å². The lowest BCUT2D eigenvalue weighted by atomic mass is 10.1. The van der Waals surface area contributed by atoms with E-state index in [1.807, 2.05) is 30.3 Å². The highest BCUT2D eigenvalue weighted by Crippen LogP contribution is 2.23. The first-order valence-corrected chi connectivity index (χ1v) is 11.6. The predicted octanol–water partition coefficient (Wildman–Crippen LogP) is 3.32. The molecule has 1 aliphatic rings. The normalized spacial score (nSPS) is 14.1. The summed E-state index contributed by atoms with van der Waals surface area (Å²) in [5.41, 5.74) is 1.19. The van der Waals surface area contributed by atoms with Crippen molar-refractivity contribution < 1.29 is 22.3 Å². The van der Waals surface area contributed by atoms with E-state index in [1.165, 1.54) is 42.5 Å². The average Bonchev–Trinajstić information content (AvgIpc) is 2.84. The van der Waals surface area contributed by atoms with E-state index >= 15 is 0 Å². The first-order valence-electron chi connectivity index (χ1n) is 10.2. The zero-order chi connectivity index (χ0) is 23.4. The van der Waals surface area contributed by atoms with Crippen LogP contribution in [0.3, 0.4) is 0 Å². The predicted molar refractivity (Wildman–Crippen MR) is 122 cm³/mol. The molecule has 170 valence electrons. The third-order valence-electron chi connectivity index (χ3n) is 5.31. The van der Waals surface area contributed by atoms with Gasteiger partial charge in [0.15, 0.2) is 0 Å². The van der Waals surface area contributed by atoms with Crippen LogP contribution in [-0.2, 0) is 10.1 Å². The van der Waals surface area contributed by atoms with Crippen LogP contribution >= 0.6 is 0 Å². The van der Waals surface area contributed by atoms with Gasteiger partial charge in [0.25, 0.3) is 11.6 Å². The lowest BCUT2D eigenvalue weighted by molar-refractivity contribution is -0.385. The molecule has 4 rings (SSSR count). The molecule has 10 heteroatoms. The number of nitro benzene ring substituents is 1. The Morgan fingerprint density at radius 1 is 0.879 bits per heavy atom. The second kappa shape index (κ2) is 9.29. The van der Waals surface area contributed by atoms with Crippen LogP contribution in [0, 0.1) is 10.1 Å². The molecule has 3 aromatic carbocycles. The molecule has 0 spiro atoms. The van der Waals surface area contributed by atoms with Crippen LogP contribution in [-0.4, -0.2) is 50.3 Å². The standard InChI is InChI=1S/C23H21N3O6S/c27-23(25-15-13-24(14-16-25)19-5-2-1-3-6-19)18-9-11-21(12-10-18)32-33(30,31)22-8-4-7-20(17-22)26(28)29/h1-12,17H,13-16H2. The van der Waals surface area contributed by atoms with Crippen LogP contribution in [0.2, 0.25) is 0 Å². The summed E-state index contributed by atoms with van der Waals surface area (Å²) in [7, 11) is -4.26. The number of para-hydroxylation sites is 1. The number of amides is 1. The number of non-ortho nitro benzene ring substituents is 1. The number of carbonyl (C=O) groups excluding carboxylic acids is 1. The highest BCUT2D eigenvalue weighted by atomic mass is 32.2. The topological polar surface area (TPSA) is 110 Å². The molecule has 1 aliphatic heterocycles. The fourth-order valence-corrected chi connectivity index (χ4v) is 4.54. The molecule has 0 atom stereocenters. The molecule has 9 nitrogen and oxygen atoms in total. The maximum atomic E-state index is 12.8. The Labute approximate surface area is 191 Å². The fraction of sp³-hybridized carbons (Fsp3) is 0.174. The molecule has 33 heavy (non-hydrogen) atoms. The summed E-state index contributed by atoms with van der Waals surface area (Å²) in [4.78, 5) is 26.7. The molecule has 1 saturated heterocycles. The van der Waals surface area contributed by atoms with Crippen molar-refractivity contribution in [3.63, 3.8) is 0 Å². The SMILES string of the molecule is O=C(c1ccc(OS(=O)(=O)c2cccc([N+](=O)[O-])c2)cc1)N1CCN(c2ccccc2)CC1. The fourth-order valence-electron chi connectivity index (χ4n) is 3.57. The molecule has 3 aromatic rings. The zero-order valence-electron chi connectivity index (χ0n) is 17.5. The average molecular weight is 468 g/mol. The minimum atomic E-state index is -4.26. The van der Waals surface area contributed by atoms with Crippen molar-refractivity contribution in [2.75, 3.05) is 31.1 Å². The Bertz CT molecular complexity index is 1250. The van der Waals surface area contributed by atoms with Gasteiger partial charge in [-0.15, -0.1) is 0 Å². The molecule has 1 amide bonds. The van der Waals surface area contributed by atoms with Crippen molar-refractivity contribution in [3.8, 4) is 5.75 Å². The number of nitro groups is 1. The maximum Gasteiger partial charge on any atom is 0.339 e. The Hall–Kier alpha value is -3.92. The molecular weight excluding hydrogens is 446 g/mol. The summed E-state index contributed by atoms with van der Waals surface area (Å²) in [5, 5.41) is 10.9. The smallest absolute Gasteiger partial charge is 0.339 e. The maximum absolute atomic E-state index is 12.8. The van der Waals surface area contributed by atoms with Crippen LogP contribution in [0.25, 0.3) is 0 Å². The monoisotopic (exact) mass is 467 g/mol. The number of carbonyl (C=O) groups is 1. The largest absolute Gasteiger partial charge is 0.379 e. The minimum absolute atomic E-state index is 0.00644. The Morgan fingerprint density at radius 3 is 2.18 bits per heavy atom. The number of anilines is 1. The van der Waals surface area contributed by atoms with Crippen LogP contribution in [0.4, 0.5) is 11.4 Å². The molecule has 1 heterocycles. The van der Waals surface area contributed by atoms with Gasteiger partial charge in [0.1, 0.15) is 10.6 Å². The van der Waals surface area contributed by atoms with Gasteiger partial charge < -0.3 is 14.0 Å². The Kier molecular flexibility index (Phi) is 6.27. The summed E-state index contributed by atoms with van der Waals surface area (Å²) >= 11 is 0. The first-order chi connectivity index (χ1) is 15.8. The van der Waals surface area contributed by atoms with E-state index in [2.05, 4.69) is 4.90 Å². The van der Waals surface area contributed by atoms with Gasteiger partial charge >= 0.3 is 10.1 Å². The van der Waals surface area contributed by atoms with E-state index in [1.54, 1.807) is 4.90 Å². The number of benzene rings is 3. The minimum Gasteiger partial charge on any atom is -0.379 e. The van der Waals surface area contributed by atoms with E-state index in [0.717, 1.165) is 24.8 Å². The van der Waals surface area contributed by atoms with Gasteiger partial charge in [-0.25, -0.2) is 0 Å². The summed E-state index contributed by atoms with van der Waals surface area (Å²) in [6, 6.07) is 20.4. The molecule has 0 bridgehead atoms. The van der Waals surface area contributed by atoms with Crippen molar-refractivity contribution in [1.82, 2.24) is 4.90 Å². The van der Waals surface area contributed by atoms with E-state index in [9.17, 15) is 23.3 Å². The summed E-state index contributed by atoms with van der Waals surface area (Å²) in [6.45, 7) is 2.59. The second-order valence-corrected chi connectivity index (χ2v) is 8.98. The quantitative estimate of drug-likeness (QED) is 0.311. The van der Waals surface area contributed by atoms with Crippen LogP contribution in [0.15, 0.2) is 83.8 Å². The van der Waals surface area contributed by atoms with Crippen molar-refractivity contribution in [3.05, 3.63) is 94.5 Å². The van der Waals surface area contributed by atoms with Crippen molar-refractivity contribution in [2.45, 2.75) is 4.90 Å². The van der Waals surface area contributed by atoms with Crippen molar-refractivity contribution in [2.24, 2.45) is 0 Å². The van der Waals surface area contributed by atoms with E-state index < -0.39 is 15.0 Å². The number of nitrogens with zero attached hydrogens (tertiary/aromatic N) is 3. The van der Waals surface area contributed by atoms with Gasteiger partial charge in [-0.2, -0.15) is 8.42 Å². The van der Waals surface area contributed by atoms with Crippen LogP contribution in [0.1, 0.15) is 10.4 Å². The number of rotatable bonds is 6. The van der Waals surface area contributed by atoms with E-state index in [0.29, 0.717) is 18.7 Å². The number of piperazine rings is 1. The summed E-state index contributed by atoms with van der Waals surface area (Å²) in [6.07, 6.45) is 0. The summed E-state index contributed by atoms with van der Waals surface area (Å²) in [5.74, 6) is -0.136. The van der Waals surface area contributed by atoms with Gasteiger partial charge in [0, 0.05) is 49.6 Å². The second-order valence-electron chi connectivity index (χ2n) is 7.43. The lowest BCUT2D eigenvalue weighted by Crippen LogP contribution is -2.48. The number of hydrogen-bond donors (Lipinski definition) is 0. The number of hydrogen-bond acceptors (Lipinski definition) is 7. The molecule has 0 aliphatic carbocycles. The Balaban J connectivity index is 1.39. The molecule has 0 saturated carbocycles. The highest BCUT2D eigenvalue weighted by Gasteiger charge is 2.23. The van der Waals surface area contributed by atoms with Crippen LogP contribution in [0.5, 0.6) is 5.75 Å². The Morgan fingerprint density at radius 2 is 1.55 bits per heavy atom. The third kappa shape index (κ3) is 5.12. The van der Waals surface area contributed by atoms with Gasteiger partial charge in [-0.1, -0.05) is 24.3 Å². The van der Waals surface area contributed by atoms with Crippen molar-refractivity contribution in [1.29, 1.82) is 0 Å². The zero-order valence-corrected chi connectivity index (χ0v) is 18.3. The van der Waals surface area contributed by atoms with Gasteiger partial charge in [-0.05, 0) is 42.5 Å². The molecule has 0 aromatic heterocycles. The molecule has 0 N–H and O–H groups in total. The molecular formula is C23H21N3O6S. The van der Waals surface area contributed by atoms with Gasteiger partial charge in [0.2, 0.25) is 0 Å². The first kappa shape index (κ1) is 22.3. The van der Waals surface area contributed by atoms with E-state index in [4.69, 9.17) is 4.18 Å². The van der Waals surface area contributed by atoms with Crippen LogP contribution < -0.4 is 9.08 Å². The van der Waals surface area contributed by atoms with Crippen molar-refractivity contribution >= 4 is 27.4 Å². The summed E-state index contributed by atoms with van der Waals surface area (Å²) < 4.78 is 30.0. The molecule has 0 radical (unpaired) electrons. The molecule has 1 fully saturated rings. The highest BCUT2D eigenvalue weighted by molar-refractivity contribution is 7.87. The lowest BCUT2D eigenvalue weighted by Gasteiger charge is -2.36. The third-order valence-corrected chi connectivity index (χ3v) is 6.56. The van der Waals surface area contributed by atoms with Gasteiger partial charge in [0.05, 0.1) is 4.92 Å². The molecule has 0 unspecified atom stereocenters.